The molecule has 5 nitrogen and oxygen atoms in total. The van der Waals surface area contributed by atoms with E-state index in [-0.39, 0.29) is 24.0 Å². The van der Waals surface area contributed by atoms with Gasteiger partial charge in [0.15, 0.2) is 5.96 Å². The average Bonchev–Trinajstić information content (AvgIpc) is 2.80. The fourth-order valence-electron chi connectivity index (χ4n) is 1.99. The molecule has 1 aromatic heterocycles. The summed E-state index contributed by atoms with van der Waals surface area (Å²) in [5, 5.41) is 7.24. The van der Waals surface area contributed by atoms with E-state index in [1.165, 1.54) is 11.1 Å². The van der Waals surface area contributed by atoms with E-state index >= 15 is 0 Å². The molecule has 0 bridgehead atoms. The molecule has 0 amide bonds. The molecular weight excluding hydrogens is 377 g/mol. The van der Waals surface area contributed by atoms with Crippen LogP contribution in [-0.2, 0) is 13.5 Å². The Bertz CT molecular complexity index is 591. The molecule has 0 atom stereocenters. The molecule has 1 heterocycles. The average molecular weight is 399 g/mol. The first-order valence-corrected chi connectivity index (χ1v) is 6.74. The van der Waals surface area contributed by atoms with Gasteiger partial charge in [0.2, 0.25) is 0 Å². The molecule has 2 aromatic rings. The maximum atomic E-state index is 5.86. The van der Waals surface area contributed by atoms with Crippen molar-refractivity contribution in [1.29, 1.82) is 0 Å². The number of nitrogens with two attached hydrogens (primary N) is 1. The number of aliphatic imine (C=N–C) groups is 1. The van der Waals surface area contributed by atoms with Crippen LogP contribution in [0.5, 0.6) is 0 Å². The van der Waals surface area contributed by atoms with Crippen LogP contribution in [0.2, 0.25) is 0 Å². The highest BCUT2D eigenvalue weighted by atomic mass is 127. The van der Waals surface area contributed by atoms with E-state index < -0.39 is 0 Å². The first kappa shape index (κ1) is 17.5. The second-order valence-electron chi connectivity index (χ2n) is 4.89. The van der Waals surface area contributed by atoms with Gasteiger partial charge in [0.1, 0.15) is 0 Å². The fourth-order valence-corrected chi connectivity index (χ4v) is 1.99. The Kier molecular flexibility index (Phi) is 7.21. The molecule has 0 aliphatic rings. The van der Waals surface area contributed by atoms with Crippen molar-refractivity contribution in [3.63, 3.8) is 0 Å². The highest BCUT2D eigenvalue weighted by Crippen LogP contribution is 2.08. The van der Waals surface area contributed by atoms with Crippen LogP contribution in [0.4, 0.5) is 5.69 Å². The van der Waals surface area contributed by atoms with Crippen molar-refractivity contribution in [3.05, 3.63) is 47.8 Å². The van der Waals surface area contributed by atoms with Crippen molar-refractivity contribution in [1.82, 2.24) is 9.78 Å². The number of aromatic nitrogens is 2. The van der Waals surface area contributed by atoms with E-state index in [4.69, 9.17) is 5.73 Å². The van der Waals surface area contributed by atoms with Gasteiger partial charge < -0.3 is 11.1 Å². The molecule has 0 unspecified atom stereocenters. The maximum Gasteiger partial charge on any atom is 0.193 e. The number of halogens is 1. The Balaban J connectivity index is 0.00000220. The largest absolute Gasteiger partial charge is 0.370 e. The van der Waals surface area contributed by atoms with E-state index in [1.807, 2.05) is 55.3 Å². The third-order valence-corrected chi connectivity index (χ3v) is 2.95. The zero-order valence-electron chi connectivity index (χ0n) is 12.4. The number of aryl methyl sites for hydroxylation is 3. The summed E-state index contributed by atoms with van der Waals surface area (Å²) in [6.45, 7) is 2.76. The number of rotatable bonds is 5. The molecular formula is C15H22IN5. The molecule has 0 saturated carbocycles. The van der Waals surface area contributed by atoms with Gasteiger partial charge in [0, 0.05) is 25.5 Å². The number of benzene rings is 1. The molecule has 114 valence electrons. The van der Waals surface area contributed by atoms with Gasteiger partial charge in [-0.2, -0.15) is 5.10 Å². The Hall–Kier alpha value is -1.57. The standard InChI is InChI=1S/C15H21N5.HI/c1-12-5-3-7-14(9-12)19-15(16)17-8-4-6-13-10-18-20(2)11-13;/h3,5,7,9-11H,4,6,8H2,1-2H3,(H3,16,17,19);1H. The Morgan fingerprint density at radius 2 is 2.24 bits per heavy atom. The summed E-state index contributed by atoms with van der Waals surface area (Å²) >= 11 is 0. The fraction of sp³-hybridized carbons (Fsp3) is 0.333. The lowest BCUT2D eigenvalue weighted by Gasteiger charge is -2.06. The van der Waals surface area contributed by atoms with E-state index in [0.29, 0.717) is 12.5 Å². The molecule has 6 heteroatoms. The van der Waals surface area contributed by atoms with Crippen LogP contribution in [-0.4, -0.2) is 22.3 Å². The number of anilines is 1. The third-order valence-electron chi connectivity index (χ3n) is 2.95. The molecule has 0 saturated heterocycles. The van der Waals surface area contributed by atoms with Crippen LogP contribution in [0.3, 0.4) is 0 Å². The predicted molar refractivity (Wildman–Crippen MR) is 98.2 cm³/mol. The number of hydrogen-bond donors (Lipinski definition) is 2. The van der Waals surface area contributed by atoms with Crippen molar-refractivity contribution in [2.24, 2.45) is 17.8 Å². The van der Waals surface area contributed by atoms with E-state index in [9.17, 15) is 0 Å². The van der Waals surface area contributed by atoms with Crippen LogP contribution in [0.15, 0.2) is 41.7 Å². The monoisotopic (exact) mass is 399 g/mol. The van der Waals surface area contributed by atoms with E-state index in [2.05, 4.69) is 15.4 Å². The van der Waals surface area contributed by atoms with Gasteiger partial charge in [0.05, 0.1) is 6.20 Å². The molecule has 3 N–H and O–H groups in total. The predicted octanol–water partition coefficient (Wildman–Crippen LogP) is 2.71. The smallest absolute Gasteiger partial charge is 0.193 e. The van der Waals surface area contributed by atoms with Crippen molar-refractivity contribution >= 4 is 35.6 Å². The molecule has 0 fully saturated rings. The Morgan fingerprint density at radius 3 is 2.90 bits per heavy atom. The number of nitrogens with zero attached hydrogens (tertiary/aromatic N) is 3. The van der Waals surface area contributed by atoms with E-state index in [1.54, 1.807) is 0 Å². The van der Waals surface area contributed by atoms with Crippen molar-refractivity contribution < 1.29 is 0 Å². The van der Waals surface area contributed by atoms with Gasteiger partial charge in [-0.05, 0) is 43.0 Å². The quantitative estimate of drug-likeness (QED) is 0.352. The van der Waals surface area contributed by atoms with Crippen molar-refractivity contribution in [3.8, 4) is 0 Å². The number of nitrogens with one attached hydrogen (secondary N) is 1. The third kappa shape index (κ3) is 6.16. The van der Waals surface area contributed by atoms with Crippen LogP contribution >= 0.6 is 24.0 Å². The van der Waals surface area contributed by atoms with Gasteiger partial charge >= 0.3 is 0 Å². The second-order valence-corrected chi connectivity index (χ2v) is 4.89. The first-order chi connectivity index (χ1) is 9.63. The van der Waals surface area contributed by atoms with E-state index in [0.717, 1.165) is 18.5 Å². The molecule has 2 rings (SSSR count). The summed E-state index contributed by atoms with van der Waals surface area (Å²) in [7, 11) is 1.92. The van der Waals surface area contributed by atoms with Gasteiger partial charge in [-0.15, -0.1) is 24.0 Å². The van der Waals surface area contributed by atoms with Gasteiger partial charge in [-0.25, -0.2) is 0 Å². The SMILES string of the molecule is Cc1cccc(NC(N)=NCCCc2cnn(C)c2)c1.I. The van der Waals surface area contributed by atoms with Crippen LogP contribution in [0.25, 0.3) is 0 Å². The highest BCUT2D eigenvalue weighted by molar-refractivity contribution is 14.0. The zero-order valence-corrected chi connectivity index (χ0v) is 14.7. The Morgan fingerprint density at radius 1 is 1.43 bits per heavy atom. The molecule has 0 radical (unpaired) electrons. The summed E-state index contributed by atoms with van der Waals surface area (Å²) in [6, 6.07) is 8.06. The lowest BCUT2D eigenvalue weighted by molar-refractivity contribution is 0.765. The summed E-state index contributed by atoms with van der Waals surface area (Å²) in [5.41, 5.74) is 9.26. The van der Waals surface area contributed by atoms with Crippen LogP contribution in [0, 0.1) is 6.92 Å². The lowest BCUT2D eigenvalue weighted by atomic mass is 10.2. The highest BCUT2D eigenvalue weighted by Gasteiger charge is 1.97. The number of hydrogen-bond acceptors (Lipinski definition) is 2. The summed E-state index contributed by atoms with van der Waals surface area (Å²) < 4.78 is 1.81. The zero-order chi connectivity index (χ0) is 14.4. The van der Waals surface area contributed by atoms with Crippen LogP contribution < -0.4 is 11.1 Å². The maximum absolute atomic E-state index is 5.86. The molecule has 1 aromatic carbocycles. The topological polar surface area (TPSA) is 68.2 Å². The Labute approximate surface area is 142 Å². The molecule has 0 spiro atoms. The lowest BCUT2D eigenvalue weighted by Crippen LogP contribution is -2.22. The summed E-state index contributed by atoms with van der Waals surface area (Å²) in [6.07, 6.45) is 5.84. The minimum Gasteiger partial charge on any atom is -0.370 e. The van der Waals surface area contributed by atoms with Gasteiger partial charge in [-0.1, -0.05) is 12.1 Å². The second kappa shape index (κ2) is 8.66. The first-order valence-electron chi connectivity index (χ1n) is 6.74. The minimum atomic E-state index is 0. The van der Waals surface area contributed by atoms with Crippen molar-refractivity contribution in [2.45, 2.75) is 19.8 Å². The minimum absolute atomic E-state index is 0. The van der Waals surface area contributed by atoms with Crippen molar-refractivity contribution in [2.75, 3.05) is 11.9 Å². The normalized spacial score (nSPS) is 11.0. The molecule has 0 aliphatic heterocycles. The van der Waals surface area contributed by atoms with Gasteiger partial charge in [-0.3, -0.25) is 9.67 Å². The summed E-state index contributed by atoms with van der Waals surface area (Å²) in [5.74, 6) is 0.460. The molecule has 0 aliphatic carbocycles. The van der Waals surface area contributed by atoms with Gasteiger partial charge in [0.25, 0.3) is 0 Å². The number of guanidine groups is 1. The van der Waals surface area contributed by atoms with Crippen LogP contribution in [0.1, 0.15) is 17.5 Å². The summed E-state index contributed by atoms with van der Waals surface area (Å²) in [4.78, 5) is 4.33. The molecule has 21 heavy (non-hydrogen) atoms.